The minimum atomic E-state index is -0.217. The summed E-state index contributed by atoms with van der Waals surface area (Å²) in [5.41, 5.74) is 2.22. The van der Waals surface area contributed by atoms with Crippen LogP contribution in [-0.4, -0.2) is 6.04 Å². The van der Waals surface area contributed by atoms with E-state index < -0.39 is 0 Å². The van der Waals surface area contributed by atoms with Gasteiger partial charge in [0, 0.05) is 12.6 Å². The molecule has 1 fully saturated rings. The summed E-state index contributed by atoms with van der Waals surface area (Å²) in [5.74, 6) is 0.646. The Balaban J connectivity index is 1.49. The lowest BCUT2D eigenvalue weighted by Crippen LogP contribution is -2.29. The number of ether oxygens (including phenoxy) is 1. The number of hydrogen-bond donors (Lipinski definition) is 1. The Morgan fingerprint density at radius 2 is 1.60 bits per heavy atom. The van der Waals surface area contributed by atoms with Crippen LogP contribution < -0.4 is 10.1 Å². The van der Waals surface area contributed by atoms with Gasteiger partial charge in [0.2, 0.25) is 0 Å². The van der Waals surface area contributed by atoms with Crippen LogP contribution >= 0.6 is 0 Å². The summed E-state index contributed by atoms with van der Waals surface area (Å²) < 4.78 is 18.8. The average molecular weight is 341 g/mol. The Hall–Kier alpha value is -1.87. The third kappa shape index (κ3) is 6.17. The first-order valence-corrected chi connectivity index (χ1v) is 9.49. The lowest BCUT2D eigenvalue weighted by molar-refractivity contribution is 0.305. The fourth-order valence-electron chi connectivity index (χ4n) is 3.41. The molecule has 0 amide bonds. The minimum Gasteiger partial charge on any atom is -0.489 e. The van der Waals surface area contributed by atoms with Crippen molar-refractivity contribution in [2.75, 3.05) is 0 Å². The zero-order valence-corrected chi connectivity index (χ0v) is 14.8. The Kier molecular flexibility index (Phi) is 6.87. The quantitative estimate of drug-likeness (QED) is 0.737. The summed E-state index contributed by atoms with van der Waals surface area (Å²) in [4.78, 5) is 0. The molecule has 1 aliphatic rings. The van der Waals surface area contributed by atoms with Crippen molar-refractivity contribution in [2.45, 2.75) is 64.1 Å². The lowest BCUT2D eigenvalue weighted by Gasteiger charge is -2.21. The molecule has 0 unspecified atom stereocenters. The van der Waals surface area contributed by atoms with Gasteiger partial charge in [-0.05, 0) is 48.2 Å². The highest BCUT2D eigenvalue weighted by Gasteiger charge is 2.10. The highest BCUT2D eigenvalue weighted by atomic mass is 19.1. The summed E-state index contributed by atoms with van der Waals surface area (Å²) in [6, 6.07) is 15.3. The Labute approximate surface area is 150 Å². The average Bonchev–Trinajstić information content (AvgIpc) is 2.61. The van der Waals surface area contributed by atoms with Crippen molar-refractivity contribution in [1.29, 1.82) is 0 Å². The Morgan fingerprint density at radius 1 is 0.880 bits per heavy atom. The number of hydrogen-bond acceptors (Lipinski definition) is 2. The molecule has 0 aromatic heterocycles. The van der Waals surface area contributed by atoms with Gasteiger partial charge in [-0.25, -0.2) is 4.39 Å². The van der Waals surface area contributed by atoms with Crippen LogP contribution in [0.15, 0.2) is 48.5 Å². The predicted molar refractivity (Wildman–Crippen MR) is 100 cm³/mol. The zero-order valence-electron chi connectivity index (χ0n) is 14.8. The van der Waals surface area contributed by atoms with Gasteiger partial charge in [-0.2, -0.15) is 0 Å². The van der Waals surface area contributed by atoms with Gasteiger partial charge in [0.05, 0.1) is 0 Å². The van der Waals surface area contributed by atoms with Gasteiger partial charge >= 0.3 is 0 Å². The summed E-state index contributed by atoms with van der Waals surface area (Å²) in [6.07, 6.45) is 9.44. The van der Waals surface area contributed by atoms with Gasteiger partial charge in [-0.1, -0.05) is 56.4 Å². The molecule has 0 radical (unpaired) electrons. The number of nitrogens with one attached hydrogen (secondary N) is 1. The van der Waals surface area contributed by atoms with Gasteiger partial charge in [-0.3, -0.25) is 0 Å². The smallest absolute Gasteiger partial charge is 0.123 e. The molecular formula is C22H28FNO. The topological polar surface area (TPSA) is 21.3 Å². The van der Waals surface area contributed by atoms with E-state index in [-0.39, 0.29) is 5.82 Å². The molecule has 0 saturated heterocycles. The largest absolute Gasteiger partial charge is 0.489 e. The Bertz CT molecular complexity index is 633. The van der Waals surface area contributed by atoms with Crippen molar-refractivity contribution in [3.8, 4) is 5.75 Å². The fourth-order valence-corrected chi connectivity index (χ4v) is 3.41. The van der Waals surface area contributed by atoms with Crippen molar-refractivity contribution in [1.82, 2.24) is 5.32 Å². The molecule has 1 saturated carbocycles. The molecule has 3 rings (SSSR count). The lowest BCUT2D eigenvalue weighted by atomic mass is 9.96. The molecule has 0 heterocycles. The highest BCUT2D eigenvalue weighted by molar-refractivity contribution is 5.29. The fraction of sp³-hybridized carbons (Fsp3) is 0.455. The maximum atomic E-state index is 12.9. The Morgan fingerprint density at radius 3 is 2.36 bits per heavy atom. The molecule has 0 aliphatic heterocycles. The molecule has 2 aromatic carbocycles. The van der Waals surface area contributed by atoms with Crippen molar-refractivity contribution < 1.29 is 9.13 Å². The zero-order chi connectivity index (χ0) is 17.3. The summed E-state index contributed by atoms with van der Waals surface area (Å²) in [5, 5.41) is 3.72. The van der Waals surface area contributed by atoms with E-state index >= 15 is 0 Å². The standard InChI is InChI=1S/C22H28FNO/c23-20-13-11-18(12-14-20)17-25-22-10-6-7-19(15-22)16-24-21-8-4-2-1-3-5-9-21/h6-7,10-15,21,24H,1-5,8-9,16-17H2. The molecule has 1 aliphatic carbocycles. The predicted octanol–water partition coefficient (Wildman–Crippen LogP) is 5.61. The van der Waals surface area contributed by atoms with Crippen molar-refractivity contribution >= 4 is 0 Å². The first-order chi connectivity index (χ1) is 12.3. The van der Waals surface area contributed by atoms with Crippen molar-refractivity contribution in [3.63, 3.8) is 0 Å². The van der Waals surface area contributed by atoms with Crippen LogP contribution in [0, 0.1) is 5.82 Å². The van der Waals surface area contributed by atoms with Crippen LogP contribution in [-0.2, 0) is 13.2 Å². The molecular weight excluding hydrogens is 313 g/mol. The normalized spacial score (nSPS) is 16.2. The van der Waals surface area contributed by atoms with Crippen LogP contribution in [0.5, 0.6) is 5.75 Å². The molecule has 0 atom stereocenters. The van der Waals surface area contributed by atoms with E-state index in [2.05, 4.69) is 17.4 Å². The molecule has 134 valence electrons. The van der Waals surface area contributed by atoms with E-state index in [0.717, 1.165) is 17.9 Å². The van der Waals surface area contributed by atoms with E-state index in [9.17, 15) is 4.39 Å². The number of rotatable bonds is 6. The van der Waals surface area contributed by atoms with Crippen LogP contribution in [0.25, 0.3) is 0 Å². The van der Waals surface area contributed by atoms with Gasteiger partial charge in [0.25, 0.3) is 0 Å². The molecule has 2 nitrogen and oxygen atoms in total. The molecule has 0 bridgehead atoms. The van der Waals surface area contributed by atoms with Crippen molar-refractivity contribution in [3.05, 3.63) is 65.5 Å². The number of benzene rings is 2. The second kappa shape index (κ2) is 9.57. The molecule has 1 N–H and O–H groups in total. The number of halogens is 1. The maximum absolute atomic E-state index is 12.9. The third-order valence-corrected chi connectivity index (χ3v) is 4.92. The van der Waals surface area contributed by atoms with Crippen LogP contribution in [0.3, 0.4) is 0 Å². The maximum Gasteiger partial charge on any atom is 0.123 e. The summed E-state index contributed by atoms with van der Waals surface area (Å²) >= 11 is 0. The van der Waals surface area contributed by atoms with Gasteiger partial charge < -0.3 is 10.1 Å². The summed E-state index contributed by atoms with van der Waals surface area (Å²) in [7, 11) is 0. The minimum absolute atomic E-state index is 0.217. The molecule has 0 spiro atoms. The van der Waals surface area contributed by atoms with Crippen LogP contribution in [0.1, 0.15) is 56.1 Å². The van der Waals surface area contributed by atoms with Gasteiger partial charge in [-0.15, -0.1) is 0 Å². The molecule has 2 aromatic rings. The van der Waals surface area contributed by atoms with Crippen LogP contribution in [0.4, 0.5) is 4.39 Å². The van der Waals surface area contributed by atoms with Gasteiger partial charge in [0.1, 0.15) is 18.2 Å². The first kappa shape index (κ1) is 17.9. The second-order valence-electron chi connectivity index (χ2n) is 6.99. The first-order valence-electron chi connectivity index (χ1n) is 9.49. The van der Waals surface area contributed by atoms with Crippen molar-refractivity contribution in [2.24, 2.45) is 0 Å². The van der Waals surface area contributed by atoms with E-state index in [1.54, 1.807) is 12.1 Å². The van der Waals surface area contributed by atoms with Gasteiger partial charge in [0.15, 0.2) is 0 Å². The van der Waals surface area contributed by atoms with E-state index in [1.807, 2.05) is 12.1 Å². The molecule has 3 heteroatoms. The van der Waals surface area contributed by atoms with E-state index in [0.29, 0.717) is 12.6 Å². The SMILES string of the molecule is Fc1ccc(COc2cccc(CNC3CCCCCCC3)c2)cc1. The third-order valence-electron chi connectivity index (χ3n) is 4.92. The van der Waals surface area contributed by atoms with E-state index in [4.69, 9.17) is 4.74 Å². The molecule has 25 heavy (non-hydrogen) atoms. The second-order valence-corrected chi connectivity index (χ2v) is 6.99. The summed E-state index contributed by atoms with van der Waals surface area (Å²) in [6.45, 7) is 1.35. The highest BCUT2D eigenvalue weighted by Crippen LogP contribution is 2.19. The van der Waals surface area contributed by atoms with E-state index in [1.165, 1.54) is 62.6 Å². The van der Waals surface area contributed by atoms with Crippen LogP contribution in [0.2, 0.25) is 0 Å². The monoisotopic (exact) mass is 341 g/mol.